The zero-order valence-corrected chi connectivity index (χ0v) is 13.6. The van der Waals surface area contributed by atoms with Crippen LogP contribution >= 0.6 is 0 Å². The van der Waals surface area contributed by atoms with Crippen LogP contribution in [0.25, 0.3) is 10.8 Å². The van der Waals surface area contributed by atoms with Gasteiger partial charge < -0.3 is 5.32 Å². The Balaban J connectivity index is 1.79. The van der Waals surface area contributed by atoms with Crippen molar-refractivity contribution in [2.45, 2.75) is 25.8 Å². The van der Waals surface area contributed by atoms with Gasteiger partial charge in [-0.25, -0.2) is 0 Å². The molecule has 0 aromatic heterocycles. The molecular weight excluding hydrogens is 278 g/mol. The maximum absolute atomic E-state index is 3.83. The SMILES string of the molecule is Cc1cccc(C(NCC2CC2)c2cccc3ccccc23)c1. The summed E-state index contributed by atoms with van der Waals surface area (Å²) in [5.41, 5.74) is 4.07. The third-order valence-corrected chi connectivity index (χ3v) is 4.82. The van der Waals surface area contributed by atoms with Gasteiger partial charge in [0.1, 0.15) is 0 Å². The van der Waals surface area contributed by atoms with Crippen LogP contribution in [0.15, 0.2) is 66.7 Å². The van der Waals surface area contributed by atoms with Crippen LogP contribution in [0.1, 0.15) is 35.6 Å². The van der Waals surface area contributed by atoms with E-state index in [1.807, 2.05) is 0 Å². The van der Waals surface area contributed by atoms with Crippen molar-refractivity contribution in [2.24, 2.45) is 5.92 Å². The van der Waals surface area contributed by atoms with Gasteiger partial charge in [0.2, 0.25) is 0 Å². The van der Waals surface area contributed by atoms with E-state index in [0.29, 0.717) is 0 Å². The minimum Gasteiger partial charge on any atom is -0.306 e. The Labute approximate surface area is 138 Å². The van der Waals surface area contributed by atoms with Gasteiger partial charge in [-0.3, -0.25) is 0 Å². The molecule has 1 nitrogen and oxygen atoms in total. The largest absolute Gasteiger partial charge is 0.306 e. The highest BCUT2D eigenvalue weighted by molar-refractivity contribution is 5.86. The number of benzene rings is 3. The van der Waals surface area contributed by atoms with E-state index in [1.54, 1.807) is 0 Å². The predicted molar refractivity (Wildman–Crippen MR) is 97.7 cm³/mol. The molecule has 3 aromatic carbocycles. The van der Waals surface area contributed by atoms with E-state index in [-0.39, 0.29) is 6.04 Å². The van der Waals surface area contributed by atoms with E-state index in [0.717, 1.165) is 12.5 Å². The number of rotatable bonds is 5. The highest BCUT2D eigenvalue weighted by atomic mass is 14.9. The first-order valence-electron chi connectivity index (χ1n) is 8.59. The third-order valence-electron chi connectivity index (χ3n) is 4.82. The average molecular weight is 301 g/mol. The summed E-state index contributed by atoms with van der Waals surface area (Å²) in [5.74, 6) is 0.872. The summed E-state index contributed by atoms with van der Waals surface area (Å²) in [4.78, 5) is 0. The number of aryl methyl sites for hydroxylation is 1. The molecule has 0 radical (unpaired) electrons. The van der Waals surface area contributed by atoms with E-state index in [2.05, 4.69) is 79.0 Å². The summed E-state index contributed by atoms with van der Waals surface area (Å²) in [6.07, 6.45) is 2.76. The lowest BCUT2D eigenvalue weighted by molar-refractivity contribution is 0.576. The summed E-state index contributed by atoms with van der Waals surface area (Å²) in [5, 5.41) is 6.50. The van der Waals surface area contributed by atoms with Crippen molar-refractivity contribution >= 4 is 10.8 Å². The van der Waals surface area contributed by atoms with Crippen molar-refractivity contribution in [3.05, 3.63) is 83.4 Å². The molecule has 1 heteroatoms. The van der Waals surface area contributed by atoms with Crippen LogP contribution in [0, 0.1) is 12.8 Å². The van der Waals surface area contributed by atoms with Crippen LogP contribution in [0.4, 0.5) is 0 Å². The van der Waals surface area contributed by atoms with Gasteiger partial charge in [0.15, 0.2) is 0 Å². The molecule has 0 saturated heterocycles. The lowest BCUT2D eigenvalue weighted by Gasteiger charge is -2.22. The van der Waals surface area contributed by atoms with E-state index in [1.165, 1.54) is 40.3 Å². The van der Waals surface area contributed by atoms with E-state index in [4.69, 9.17) is 0 Å². The van der Waals surface area contributed by atoms with Gasteiger partial charge >= 0.3 is 0 Å². The second-order valence-electron chi connectivity index (χ2n) is 6.77. The highest BCUT2D eigenvalue weighted by Crippen LogP contribution is 2.32. The first-order chi connectivity index (χ1) is 11.3. The van der Waals surface area contributed by atoms with Crippen molar-refractivity contribution in [3.8, 4) is 0 Å². The second kappa shape index (κ2) is 6.17. The van der Waals surface area contributed by atoms with Crippen LogP contribution in [0.2, 0.25) is 0 Å². The van der Waals surface area contributed by atoms with Crippen molar-refractivity contribution in [2.75, 3.05) is 6.54 Å². The molecule has 1 fully saturated rings. The first kappa shape index (κ1) is 14.5. The Morgan fingerprint density at radius 2 is 1.74 bits per heavy atom. The Hall–Kier alpha value is -2.12. The molecule has 0 heterocycles. The van der Waals surface area contributed by atoms with Crippen LogP contribution in [-0.4, -0.2) is 6.54 Å². The van der Waals surface area contributed by atoms with Gasteiger partial charge in [-0.2, -0.15) is 0 Å². The lowest BCUT2D eigenvalue weighted by Crippen LogP contribution is -2.25. The maximum atomic E-state index is 3.83. The zero-order chi connectivity index (χ0) is 15.6. The van der Waals surface area contributed by atoms with Crippen molar-refractivity contribution in [3.63, 3.8) is 0 Å². The summed E-state index contributed by atoms with van der Waals surface area (Å²) >= 11 is 0. The minimum atomic E-state index is 0.265. The standard InChI is InChI=1S/C22H23N/c1-16-6-4-9-19(14-16)22(23-15-17-12-13-17)21-11-5-8-18-7-2-3-10-20(18)21/h2-11,14,17,22-23H,12-13,15H2,1H3. The summed E-state index contributed by atoms with van der Waals surface area (Å²) < 4.78 is 0. The molecule has 3 aromatic rings. The molecule has 1 N–H and O–H groups in total. The van der Waals surface area contributed by atoms with E-state index >= 15 is 0 Å². The van der Waals surface area contributed by atoms with Crippen LogP contribution in [-0.2, 0) is 0 Å². The molecule has 1 aliphatic rings. The van der Waals surface area contributed by atoms with Crippen LogP contribution in [0.3, 0.4) is 0 Å². The minimum absolute atomic E-state index is 0.265. The molecule has 0 bridgehead atoms. The van der Waals surface area contributed by atoms with Gasteiger partial charge in [-0.1, -0.05) is 72.3 Å². The smallest absolute Gasteiger partial charge is 0.0583 e. The van der Waals surface area contributed by atoms with Crippen LogP contribution < -0.4 is 5.32 Å². The maximum Gasteiger partial charge on any atom is 0.0583 e. The molecular formula is C22H23N. The monoisotopic (exact) mass is 301 g/mol. The molecule has 0 spiro atoms. The Bertz CT molecular complexity index is 812. The Kier molecular flexibility index (Phi) is 3.88. The quantitative estimate of drug-likeness (QED) is 0.680. The van der Waals surface area contributed by atoms with Gasteiger partial charge in [0.25, 0.3) is 0 Å². The topological polar surface area (TPSA) is 12.0 Å². The fourth-order valence-corrected chi connectivity index (χ4v) is 3.37. The molecule has 1 saturated carbocycles. The zero-order valence-electron chi connectivity index (χ0n) is 13.6. The van der Waals surface area contributed by atoms with Gasteiger partial charge in [0, 0.05) is 0 Å². The van der Waals surface area contributed by atoms with E-state index in [9.17, 15) is 0 Å². The molecule has 4 rings (SSSR count). The number of fused-ring (bicyclic) bond motifs is 1. The summed E-state index contributed by atoms with van der Waals surface area (Å²) in [7, 11) is 0. The number of hydrogen-bond acceptors (Lipinski definition) is 1. The molecule has 116 valence electrons. The van der Waals surface area contributed by atoms with Gasteiger partial charge in [0.05, 0.1) is 6.04 Å². The van der Waals surface area contributed by atoms with Crippen molar-refractivity contribution in [1.82, 2.24) is 5.32 Å². The fourth-order valence-electron chi connectivity index (χ4n) is 3.37. The third kappa shape index (κ3) is 3.16. The fraction of sp³-hybridized carbons (Fsp3) is 0.273. The summed E-state index contributed by atoms with van der Waals surface area (Å²) in [6.45, 7) is 3.28. The normalized spacial score (nSPS) is 15.7. The van der Waals surface area contributed by atoms with Crippen molar-refractivity contribution < 1.29 is 0 Å². The van der Waals surface area contributed by atoms with Gasteiger partial charge in [-0.05, 0) is 54.1 Å². The second-order valence-corrected chi connectivity index (χ2v) is 6.77. The molecule has 0 amide bonds. The van der Waals surface area contributed by atoms with E-state index < -0.39 is 0 Å². The van der Waals surface area contributed by atoms with Gasteiger partial charge in [-0.15, -0.1) is 0 Å². The predicted octanol–water partition coefficient (Wildman–Crippen LogP) is 5.24. The van der Waals surface area contributed by atoms with Crippen molar-refractivity contribution in [1.29, 1.82) is 0 Å². The average Bonchev–Trinajstić information content (AvgIpc) is 3.40. The number of nitrogens with one attached hydrogen (secondary N) is 1. The Morgan fingerprint density at radius 1 is 0.957 bits per heavy atom. The highest BCUT2D eigenvalue weighted by Gasteiger charge is 2.24. The first-order valence-corrected chi connectivity index (χ1v) is 8.59. The molecule has 23 heavy (non-hydrogen) atoms. The molecule has 1 aliphatic carbocycles. The summed E-state index contributed by atoms with van der Waals surface area (Å²) in [6, 6.07) is 24.5. The van der Waals surface area contributed by atoms with Crippen LogP contribution in [0.5, 0.6) is 0 Å². The Morgan fingerprint density at radius 3 is 2.57 bits per heavy atom. The molecule has 1 atom stereocenters. The lowest BCUT2D eigenvalue weighted by atomic mass is 9.93. The molecule has 1 unspecified atom stereocenters. The molecule has 0 aliphatic heterocycles. The number of hydrogen-bond donors (Lipinski definition) is 1.